The van der Waals surface area contributed by atoms with Gasteiger partial charge in [0.2, 0.25) is 15.9 Å². The van der Waals surface area contributed by atoms with Crippen LogP contribution in [0.4, 0.5) is 0 Å². The summed E-state index contributed by atoms with van der Waals surface area (Å²) in [5.74, 6) is -0.0736. The SMILES string of the molecule is CCN(CC)C(=O)CC(NS(=O)(=O)c1ccc(C)cc1)c1ccccc1. The number of benzene rings is 2. The summed E-state index contributed by atoms with van der Waals surface area (Å²) in [6.45, 7) is 6.92. The van der Waals surface area contributed by atoms with Crippen molar-refractivity contribution >= 4 is 15.9 Å². The summed E-state index contributed by atoms with van der Waals surface area (Å²) in [5.41, 5.74) is 1.75. The summed E-state index contributed by atoms with van der Waals surface area (Å²) < 4.78 is 28.3. The number of aryl methyl sites for hydroxylation is 1. The van der Waals surface area contributed by atoms with Gasteiger partial charge < -0.3 is 4.90 Å². The van der Waals surface area contributed by atoms with Crippen LogP contribution in [-0.2, 0) is 14.8 Å². The molecule has 0 aromatic heterocycles. The van der Waals surface area contributed by atoms with Gasteiger partial charge in [0, 0.05) is 19.5 Å². The molecular formula is C20H26N2O3S. The molecule has 6 heteroatoms. The van der Waals surface area contributed by atoms with Crippen molar-refractivity contribution in [1.82, 2.24) is 9.62 Å². The first-order valence-electron chi connectivity index (χ1n) is 8.79. The van der Waals surface area contributed by atoms with Gasteiger partial charge in [0.15, 0.2) is 0 Å². The van der Waals surface area contributed by atoms with Crippen molar-refractivity contribution in [3.05, 3.63) is 65.7 Å². The molecule has 0 fully saturated rings. The van der Waals surface area contributed by atoms with E-state index in [0.29, 0.717) is 13.1 Å². The Morgan fingerprint density at radius 3 is 2.12 bits per heavy atom. The lowest BCUT2D eigenvalue weighted by molar-refractivity contribution is -0.131. The van der Waals surface area contributed by atoms with Crippen molar-refractivity contribution in [2.45, 2.75) is 38.1 Å². The van der Waals surface area contributed by atoms with E-state index in [9.17, 15) is 13.2 Å². The molecule has 0 aliphatic rings. The second-order valence-electron chi connectivity index (χ2n) is 6.17. The maximum Gasteiger partial charge on any atom is 0.241 e. The van der Waals surface area contributed by atoms with Crippen molar-refractivity contribution in [1.29, 1.82) is 0 Å². The van der Waals surface area contributed by atoms with E-state index in [4.69, 9.17) is 0 Å². The monoisotopic (exact) mass is 374 g/mol. The average molecular weight is 375 g/mol. The quantitative estimate of drug-likeness (QED) is 0.771. The molecule has 0 saturated heterocycles. The van der Waals surface area contributed by atoms with Gasteiger partial charge in [0.25, 0.3) is 0 Å². The van der Waals surface area contributed by atoms with Crippen molar-refractivity contribution in [3.63, 3.8) is 0 Å². The predicted octanol–water partition coefficient (Wildman–Crippen LogP) is 3.27. The molecule has 1 N–H and O–H groups in total. The molecule has 2 rings (SSSR count). The summed E-state index contributed by atoms with van der Waals surface area (Å²) in [6, 6.07) is 15.2. The number of nitrogens with one attached hydrogen (secondary N) is 1. The minimum absolute atomic E-state index is 0.0736. The van der Waals surface area contributed by atoms with Crippen LogP contribution in [0.3, 0.4) is 0 Å². The third-order valence-corrected chi connectivity index (χ3v) is 5.81. The molecule has 5 nitrogen and oxygen atoms in total. The van der Waals surface area contributed by atoms with Crippen molar-refractivity contribution in [3.8, 4) is 0 Å². The first-order valence-corrected chi connectivity index (χ1v) is 10.3. The van der Waals surface area contributed by atoms with Gasteiger partial charge in [0.1, 0.15) is 0 Å². The zero-order chi connectivity index (χ0) is 19.2. The highest BCUT2D eigenvalue weighted by atomic mass is 32.2. The molecule has 26 heavy (non-hydrogen) atoms. The van der Waals surface area contributed by atoms with E-state index in [0.717, 1.165) is 11.1 Å². The Labute approximate surface area is 156 Å². The second kappa shape index (κ2) is 8.96. The summed E-state index contributed by atoms with van der Waals surface area (Å²) in [6.07, 6.45) is 0.0801. The van der Waals surface area contributed by atoms with Crippen LogP contribution >= 0.6 is 0 Å². The number of sulfonamides is 1. The van der Waals surface area contributed by atoms with Crippen molar-refractivity contribution < 1.29 is 13.2 Å². The summed E-state index contributed by atoms with van der Waals surface area (Å²) >= 11 is 0. The number of carbonyl (C=O) groups is 1. The third-order valence-electron chi connectivity index (χ3n) is 4.33. The van der Waals surface area contributed by atoms with E-state index in [1.54, 1.807) is 29.2 Å². The van der Waals surface area contributed by atoms with Crippen LogP contribution in [0.15, 0.2) is 59.5 Å². The Hall–Kier alpha value is -2.18. The van der Waals surface area contributed by atoms with E-state index in [-0.39, 0.29) is 17.2 Å². The third kappa shape index (κ3) is 5.16. The van der Waals surface area contributed by atoms with E-state index in [1.807, 2.05) is 51.1 Å². The predicted molar refractivity (Wildman–Crippen MR) is 103 cm³/mol. The minimum Gasteiger partial charge on any atom is -0.343 e. The summed E-state index contributed by atoms with van der Waals surface area (Å²) in [4.78, 5) is 14.4. The summed E-state index contributed by atoms with van der Waals surface area (Å²) in [7, 11) is -3.73. The Balaban J connectivity index is 2.29. The second-order valence-corrected chi connectivity index (χ2v) is 7.88. The van der Waals surface area contributed by atoms with Crippen LogP contribution in [0.2, 0.25) is 0 Å². The zero-order valence-electron chi connectivity index (χ0n) is 15.5. The fourth-order valence-electron chi connectivity index (χ4n) is 2.77. The molecule has 1 unspecified atom stereocenters. The molecule has 0 aliphatic heterocycles. The van der Waals surface area contributed by atoms with Crippen LogP contribution in [0, 0.1) is 6.92 Å². The first-order chi connectivity index (χ1) is 12.4. The Kier molecular flexibility index (Phi) is 6.94. The van der Waals surface area contributed by atoms with Crippen LogP contribution in [0.5, 0.6) is 0 Å². The average Bonchev–Trinajstić information content (AvgIpc) is 2.63. The van der Waals surface area contributed by atoms with Gasteiger partial charge >= 0.3 is 0 Å². The van der Waals surface area contributed by atoms with Crippen LogP contribution in [0.25, 0.3) is 0 Å². The van der Waals surface area contributed by atoms with Crippen LogP contribution in [0.1, 0.15) is 37.4 Å². The van der Waals surface area contributed by atoms with Gasteiger partial charge in [-0.25, -0.2) is 13.1 Å². The molecule has 1 amide bonds. The first kappa shape index (κ1) is 20.1. The highest BCUT2D eigenvalue weighted by Gasteiger charge is 2.25. The standard InChI is InChI=1S/C20H26N2O3S/c1-4-22(5-2)20(23)15-19(17-9-7-6-8-10-17)21-26(24,25)18-13-11-16(3)12-14-18/h6-14,19,21H,4-5,15H2,1-3H3. The molecule has 140 valence electrons. The molecule has 0 bridgehead atoms. The molecular weight excluding hydrogens is 348 g/mol. The molecule has 0 heterocycles. The molecule has 1 atom stereocenters. The Morgan fingerprint density at radius 2 is 1.58 bits per heavy atom. The molecule has 0 aliphatic carbocycles. The topological polar surface area (TPSA) is 66.5 Å². The normalized spacial score (nSPS) is 12.6. The maximum atomic E-state index is 12.8. The number of rotatable bonds is 8. The largest absolute Gasteiger partial charge is 0.343 e. The number of hydrogen-bond donors (Lipinski definition) is 1. The molecule has 0 radical (unpaired) electrons. The van der Waals surface area contributed by atoms with E-state index in [2.05, 4.69) is 4.72 Å². The minimum atomic E-state index is -3.73. The number of nitrogens with zero attached hydrogens (tertiary/aromatic N) is 1. The fourth-order valence-corrected chi connectivity index (χ4v) is 3.99. The lowest BCUT2D eigenvalue weighted by atomic mass is 10.0. The lowest BCUT2D eigenvalue weighted by Gasteiger charge is -2.24. The number of hydrogen-bond acceptors (Lipinski definition) is 3. The summed E-state index contributed by atoms with van der Waals surface area (Å²) in [5, 5.41) is 0. The van der Waals surface area contributed by atoms with E-state index < -0.39 is 16.1 Å². The molecule has 2 aromatic rings. The van der Waals surface area contributed by atoms with E-state index >= 15 is 0 Å². The highest BCUT2D eigenvalue weighted by molar-refractivity contribution is 7.89. The Bertz CT molecular complexity index is 814. The zero-order valence-corrected chi connectivity index (χ0v) is 16.3. The van der Waals surface area contributed by atoms with Crippen molar-refractivity contribution in [2.24, 2.45) is 0 Å². The van der Waals surface area contributed by atoms with Gasteiger partial charge in [-0.1, -0.05) is 48.0 Å². The Morgan fingerprint density at radius 1 is 1.00 bits per heavy atom. The molecule has 0 spiro atoms. The highest BCUT2D eigenvalue weighted by Crippen LogP contribution is 2.21. The van der Waals surface area contributed by atoms with Gasteiger partial charge in [-0.2, -0.15) is 0 Å². The molecule has 0 saturated carbocycles. The molecule has 2 aromatic carbocycles. The fraction of sp³-hybridized carbons (Fsp3) is 0.350. The number of amides is 1. The van der Waals surface area contributed by atoms with Gasteiger partial charge in [-0.3, -0.25) is 4.79 Å². The van der Waals surface area contributed by atoms with Gasteiger partial charge in [0.05, 0.1) is 10.9 Å². The number of carbonyl (C=O) groups excluding carboxylic acids is 1. The maximum absolute atomic E-state index is 12.8. The van der Waals surface area contributed by atoms with Gasteiger partial charge in [-0.05, 0) is 38.5 Å². The van der Waals surface area contributed by atoms with Crippen LogP contribution in [-0.4, -0.2) is 32.3 Å². The van der Waals surface area contributed by atoms with E-state index in [1.165, 1.54) is 0 Å². The van der Waals surface area contributed by atoms with Crippen LogP contribution < -0.4 is 4.72 Å². The van der Waals surface area contributed by atoms with Gasteiger partial charge in [-0.15, -0.1) is 0 Å². The lowest BCUT2D eigenvalue weighted by Crippen LogP contribution is -2.36. The smallest absolute Gasteiger partial charge is 0.241 e. The van der Waals surface area contributed by atoms with Crippen molar-refractivity contribution in [2.75, 3.05) is 13.1 Å².